The summed E-state index contributed by atoms with van der Waals surface area (Å²) in [5.74, 6) is 0.325. The van der Waals surface area contributed by atoms with E-state index in [4.69, 9.17) is 0 Å². The summed E-state index contributed by atoms with van der Waals surface area (Å²) in [5, 5.41) is 0. The number of nitrogens with one attached hydrogen (secondary N) is 1. The minimum absolute atomic E-state index is 0.288. The molecule has 1 aliphatic rings. The van der Waals surface area contributed by atoms with Crippen LogP contribution in [-0.4, -0.2) is 31.9 Å². The van der Waals surface area contributed by atoms with Crippen molar-refractivity contribution in [2.75, 3.05) is 13.6 Å². The minimum atomic E-state index is -3.22. The van der Waals surface area contributed by atoms with Crippen LogP contribution < -0.4 is 4.72 Å². The fourth-order valence-electron chi connectivity index (χ4n) is 1.20. The van der Waals surface area contributed by atoms with Gasteiger partial charge in [-0.1, -0.05) is 6.92 Å². The fourth-order valence-corrected chi connectivity index (χ4v) is 2.65. The van der Waals surface area contributed by atoms with Gasteiger partial charge in [0.1, 0.15) is 0 Å². The van der Waals surface area contributed by atoms with Gasteiger partial charge in [0.15, 0.2) is 0 Å². The SMILES string of the molecule is CC1CNS(=O)(=O)N(C)C1(C)C. The van der Waals surface area contributed by atoms with Gasteiger partial charge in [0, 0.05) is 19.1 Å². The fraction of sp³-hybridized carbons (Fsp3) is 1.00. The highest BCUT2D eigenvalue weighted by molar-refractivity contribution is 7.87. The Hall–Kier alpha value is -0.130. The van der Waals surface area contributed by atoms with Gasteiger partial charge in [-0.05, 0) is 19.8 Å². The van der Waals surface area contributed by atoms with Gasteiger partial charge in [-0.25, -0.2) is 4.72 Å². The molecule has 72 valence electrons. The van der Waals surface area contributed by atoms with Crippen molar-refractivity contribution in [2.45, 2.75) is 26.3 Å². The maximum absolute atomic E-state index is 11.4. The highest BCUT2D eigenvalue weighted by atomic mass is 32.2. The molecule has 1 N–H and O–H groups in total. The number of rotatable bonds is 0. The molecule has 4 nitrogen and oxygen atoms in total. The van der Waals surface area contributed by atoms with Crippen LogP contribution in [0, 0.1) is 5.92 Å². The van der Waals surface area contributed by atoms with Crippen LogP contribution in [0.25, 0.3) is 0 Å². The summed E-state index contributed by atoms with van der Waals surface area (Å²) in [7, 11) is -1.61. The van der Waals surface area contributed by atoms with Gasteiger partial charge in [0.25, 0.3) is 10.2 Å². The van der Waals surface area contributed by atoms with Gasteiger partial charge < -0.3 is 0 Å². The van der Waals surface area contributed by atoms with Crippen LogP contribution in [0.2, 0.25) is 0 Å². The zero-order valence-corrected chi connectivity index (χ0v) is 8.77. The topological polar surface area (TPSA) is 49.4 Å². The molecule has 0 amide bonds. The van der Waals surface area contributed by atoms with Crippen LogP contribution >= 0.6 is 0 Å². The van der Waals surface area contributed by atoms with E-state index < -0.39 is 10.2 Å². The van der Waals surface area contributed by atoms with E-state index in [0.717, 1.165) is 0 Å². The lowest BCUT2D eigenvalue weighted by Crippen LogP contribution is -2.60. The maximum atomic E-state index is 11.4. The second-order valence-corrected chi connectivity index (χ2v) is 5.66. The van der Waals surface area contributed by atoms with Gasteiger partial charge in [-0.15, -0.1) is 0 Å². The highest BCUT2D eigenvalue weighted by Crippen LogP contribution is 2.28. The first-order valence-electron chi connectivity index (χ1n) is 4.02. The molecular weight excluding hydrogens is 176 g/mol. The molecule has 1 unspecified atom stereocenters. The molecule has 0 aromatic rings. The quantitative estimate of drug-likeness (QED) is 0.595. The lowest BCUT2D eigenvalue weighted by atomic mass is 9.89. The number of nitrogens with zero attached hydrogens (tertiary/aromatic N) is 1. The molecule has 5 heteroatoms. The van der Waals surface area contributed by atoms with Gasteiger partial charge in [-0.3, -0.25) is 0 Å². The first kappa shape index (κ1) is 9.95. The molecule has 0 aromatic heterocycles. The van der Waals surface area contributed by atoms with Gasteiger partial charge in [0.2, 0.25) is 0 Å². The van der Waals surface area contributed by atoms with Crippen molar-refractivity contribution >= 4 is 10.2 Å². The Kier molecular flexibility index (Phi) is 2.22. The van der Waals surface area contributed by atoms with Crippen molar-refractivity contribution in [2.24, 2.45) is 5.92 Å². The van der Waals surface area contributed by atoms with Gasteiger partial charge in [0.05, 0.1) is 0 Å². The summed E-state index contributed by atoms with van der Waals surface area (Å²) in [4.78, 5) is 0. The third kappa shape index (κ3) is 1.36. The average Bonchev–Trinajstić information content (AvgIpc) is 1.96. The summed E-state index contributed by atoms with van der Waals surface area (Å²) in [6.07, 6.45) is 0. The molecule has 1 fully saturated rings. The predicted octanol–water partition coefficient (Wildman–Crippen LogP) is 0.181. The van der Waals surface area contributed by atoms with E-state index in [1.165, 1.54) is 4.31 Å². The van der Waals surface area contributed by atoms with Crippen LogP contribution in [0.15, 0.2) is 0 Å². The molecule has 1 atom stereocenters. The molecule has 0 saturated carbocycles. The number of hydrogen-bond acceptors (Lipinski definition) is 2. The molecule has 1 saturated heterocycles. The van der Waals surface area contributed by atoms with E-state index in [1.54, 1.807) is 7.05 Å². The second kappa shape index (κ2) is 2.68. The van der Waals surface area contributed by atoms with Crippen LogP contribution in [0.3, 0.4) is 0 Å². The van der Waals surface area contributed by atoms with E-state index in [0.29, 0.717) is 12.5 Å². The van der Waals surface area contributed by atoms with Crippen molar-refractivity contribution in [1.29, 1.82) is 0 Å². The molecule has 0 aromatic carbocycles. The van der Waals surface area contributed by atoms with Crippen LogP contribution in [0.1, 0.15) is 20.8 Å². The molecule has 12 heavy (non-hydrogen) atoms. The van der Waals surface area contributed by atoms with E-state index in [-0.39, 0.29) is 5.54 Å². The lowest BCUT2D eigenvalue weighted by Gasteiger charge is -2.43. The molecular formula is C7H16N2O2S. The molecule has 1 rings (SSSR count). The summed E-state index contributed by atoms with van der Waals surface area (Å²) in [6, 6.07) is 0. The van der Waals surface area contributed by atoms with Crippen molar-refractivity contribution in [3.63, 3.8) is 0 Å². The summed E-state index contributed by atoms with van der Waals surface area (Å²) >= 11 is 0. The first-order chi connectivity index (χ1) is 5.28. The average molecular weight is 192 g/mol. The van der Waals surface area contributed by atoms with Gasteiger partial charge >= 0.3 is 0 Å². The summed E-state index contributed by atoms with van der Waals surface area (Å²) in [5.41, 5.74) is -0.288. The molecule has 0 bridgehead atoms. The van der Waals surface area contributed by atoms with Gasteiger partial charge in [-0.2, -0.15) is 12.7 Å². The summed E-state index contributed by atoms with van der Waals surface area (Å²) in [6.45, 7) is 6.45. The third-order valence-corrected chi connectivity index (χ3v) is 4.67. The van der Waals surface area contributed by atoms with E-state index in [1.807, 2.05) is 20.8 Å². The summed E-state index contributed by atoms with van der Waals surface area (Å²) < 4.78 is 26.6. The maximum Gasteiger partial charge on any atom is 0.279 e. The largest absolute Gasteiger partial charge is 0.279 e. The second-order valence-electron chi connectivity index (χ2n) is 3.88. The van der Waals surface area contributed by atoms with Crippen molar-refractivity contribution < 1.29 is 8.42 Å². The zero-order chi connectivity index (χ0) is 9.57. The molecule has 1 aliphatic heterocycles. The molecule has 1 heterocycles. The predicted molar refractivity (Wildman–Crippen MR) is 47.9 cm³/mol. The highest BCUT2D eigenvalue weighted by Gasteiger charge is 2.41. The van der Waals surface area contributed by atoms with Crippen molar-refractivity contribution in [3.8, 4) is 0 Å². The monoisotopic (exact) mass is 192 g/mol. The smallest absolute Gasteiger partial charge is 0.202 e. The van der Waals surface area contributed by atoms with Crippen LogP contribution in [-0.2, 0) is 10.2 Å². The standard InChI is InChI=1S/C7H16N2O2S/c1-6-5-8-12(10,11)9(4)7(6,2)3/h6,8H,5H2,1-4H3. The Labute approximate surface area is 74.1 Å². The first-order valence-corrected chi connectivity index (χ1v) is 5.46. The Morgan fingerprint density at radius 1 is 1.50 bits per heavy atom. The van der Waals surface area contributed by atoms with E-state index in [2.05, 4.69) is 4.72 Å². The number of hydrogen-bond donors (Lipinski definition) is 1. The van der Waals surface area contributed by atoms with E-state index >= 15 is 0 Å². The Balaban J connectivity index is 3.02. The Morgan fingerprint density at radius 3 is 2.42 bits per heavy atom. The minimum Gasteiger partial charge on any atom is -0.202 e. The van der Waals surface area contributed by atoms with E-state index in [9.17, 15) is 8.42 Å². The molecule has 0 radical (unpaired) electrons. The Bertz CT molecular complexity index is 271. The zero-order valence-electron chi connectivity index (χ0n) is 7.96. The van der Waals surface area contributed by atoms with Crippen LogP contribution in [0.4, 0.5) is 0 Å². The molecule has 0 spiro atoms. The lowest BCUT2D eigenvalue weighted by molar-refractivity contribution is 0.161. The van der Waals surface area contributed by atoms with Crippen molar-refractivity contribution in [3.05, 3.63) is 0 Å². The Morgan fingerprint density at radius 2 is 2.00 bits per heavy atom. The normalized spacial score (nSPS) is 34.8. The molecule has 0 aliphatic carbocycles. The third-order valence-electron chi connectivity index (χ3n) is 2.95. The van der Waals surface area contributed by atoms with Crippen molar-refractivity contribution in [1.82, 2.24) is 9.03 Å². The van der Waals surface area contributed by atoms with Crippen LogP contribution in [0.5, 0.6) is 0 Å².